The van der Waals surface area contributed by atoms with Crippen LogP contribution in [0.25, 0.3) is 0 Å². The molecule has 1 spiro atoms. The van der Waals surface area contributed by atoms with Crippen molar-refractivity contribution in [1.82, 2.24) is 8.87 Å². The highest BCUT2D eigenvalue weighted by molar-refractivity contribution is 7.89. The van der Waals surface area contributed by atoms with E-state index in [1.807, 2.05) is 0 Å². The van der Waals surface area contributed by atoms with E-state index in [1.165, 1.54) is 4.31 Å². The van der Waals surface area contributed by atoms with E-state index >= 15 is 0 Å². The number of carbonyl (C=O) groups is 1. The molecule has 1 N–H and O–H groups in total. The van der Waals surface area contributed by atoms with Crippen LogP contribution in [0.2, 0.25) is 0 Å². The van der Waals surface area contributed by atoms with Gasteiger partial charge in [-0.3, -0.25) is 4.79 Å². The molecule has 0 amide bonds. The Morgan fingerprint density at radius 3 is 2.50 bits per heavy atom. The maximum atomic E-state index is 12.5. The molecule has 2 heterocycles. The number of aliphatic carboxylic acids is 1. The van der Waals surface area contributed by atoms with Gasteiger partial charge in [0.25, 0.3) is 10.0 Å². The highest BCUT2D eigenvalue weighted by Crippen LogP contribution is 2.59. The molecule has 7 heteroatoms. The molecule has 0 radical (unpaired) electrons. The first-order valence-electron chi connectivity index (χ1n) is 6.71. The number of hydrogen-bond donors (Lipinski definition) is 1. The lowest BCUT2D eigenvalue weighted by molar-refractivity contribution is -0.139. The largest absolute Gasteiger partial charge is 0.481 e. The van der Waals surface area contributed by atoms with Crippen molar-refractivity contribution in [3.8, 4) is 0 Å². The quantitative estimate of drug-likeness (QED) is 0.899. The van der Waals surface area contributed by atoms with Gasteiger partial charge in [0.05, 0.1) is 5.92 Å². The molecule has 1 saturated carbocycles. The van der Waals surface area contributed by atoms with Crippen LogP contribution in [0.5, 0.6) is 0 Å². The predicted molar refractivity (Wildman–Crippen MR) is 71.6 cm³/mol. The number of aryl methyl sites for hydroxylation is 1. The van der Waals surface area contributed by atoms with E-state index in [9.17, 15) is 13.2 Å². The van der Waals surface area contributed by atoms with Gasteiger partial charge in [-0.2, -0.15) is 4.31 Å². The molecule has 1 aromatic heterocycles. The van der Waals surface area contributed by atoms with Gasteiger partial charge in [-0.1, -0.05) is 0 Å². The molecule has 1 saturated heterocycles. The minimum Gasteiger partial charge on any atom is -0.481 e. The fourth-order valence-corrected chi connectivity index (χ4v) is 4.87. The van der Waals surface area contributed by atoms with Gasteiger partial charge < -0.3 is 9.67 Å². The fraction of sp³-hybridized carbons (Fsp3) is 0.615. The van der Waals surface area contributed by atoms with E-state index in [0.717, 1.165) is 0 Å². The summed E-state index contributed by atoms with van der Waals surface area (Å²) >= 11 is 0. The third-order valence-electron chi connectivity index (χ3n) is 4.71. The molecule has 0 aromatic carbocycles. The first kappa shape index (κ1) is 13.6. The van der Waals surface area contributed by atoms with Crippen molar-refractivity contribution in [2.75, 3.05) is 13.1 Å². The van der Waals surface area contributed by atoms with Crippen LogP contribution >= 0.6 is 0 Å². The molecule has 20 heavy (non-hydrogen) atoms. The van der Waals surface area contributed by atoms with Gasteiger partial charge >= 0.3 is 5.97 Å². The molecule has 1 unspecified atom stereocenters. The molecule has 2 fully saturated rings. The van der Waals surface area contributed by atoms with E-state index in [2.05, 4.69) is 0 Å². The van der Waals surface area contributed by atoms with Crippen LogP contribution in [0.1, 0.15) is 19.3 Å². The molecular formula is C13H18N2O4S. The molecule has 1 aliphatic heterocycles. The predicted octanol–water partition coefficient (Wildman–Crippen LogP) is 0.900. The van der Waals surface area contributed by atoms with Crippen LogP contribution < -0.4 is 0 Å². The zero-order valence-corrected chi connectivity index (χ0v) is 12.1. The minimum absolute atomic E-state index is 0.147. The molecule has 1 aromatic rings. The summed E-state index contributed by atoms with van der Waals surface area (Å²) in [5.74, 6) is -1.02. The van der Waals surface area contributed by atoms with Gasteiger partial charge in [-0.25, -0.2) is 8.42 Å². The second-order valence-corrected chi connectivity index (χ2v) is 7.70. The number of rotatable bonds is 3. The topological polar surface area (TPSA) is 79.6 Å². The summed E-state index contributed by atoms with van der Waals surface area (Å²) in [6.45, 7) is 0.828. The fourth-order valence-electron chi connectivity index (χ4n) is 3.27. The maximum absolute atomic E-state index is 12.5. The van der Waals surface area contributed by atoms with Crippen molar-refractivity contribution in [2.24, 2.45) is 18.4 Å². The number of carboxylic acids is 1. The Morgan fingerprint density at radius 1 is 1.40 bits per heavy atom. The SMILES string of the molecule is Cn1cccc1S(=O)(=O)N1CCC2(CC1)CC2C(=O)O. The summed E-state index contributed by atoms with van der Waals surface area (Å²) in [5.41, 5.74) is -0.147. The summed E-state index contributed by atoms with van der Waals surface area (Å²) in [6, 6.07) is 3.30. The normalized spacial score (nSPS) is 25.8. The van der Waals surface area contributed by atoms with Gasteiger partial charge in [-0.15, -0.1) is 0 Å². The Morgan fingerprint density at radius 2 is 2.05 bits per heavy atom. The average molecular weight is 298 g/mol. The van der Waals surface area contributed by atoms with Gasteiger partial charge in [0.15, 0.2) is 0 Å². The molecule has 110 valence electrons. The van der Waals surface area contributed by atoms with Crippen molar-refractivity contribution in [3.05, 3.63) is 18.3 Å². The smallest absolute Gasteiger partial charge is 0.307 e. The van der Waals surface area contributed by atoms with Crippen LogP contribution in [0, 0.1) is 11.3 Å². The number of sulfonamides is 1. The number of nitrogens with zero attached hydrogens (tertiary/aromatic N) is 2. The second-order valence-electron chi connectivity index (χ2n) is 5.82. The van der Waals surface area contributed by atoms with E-state index in [0.29, 0.717) is 37.4 Å². The molecule has 0 bridgehead atoms. The summed E-state index contributed by atoms with van der Waals surface area (Å²) < 4.78 is 28.1. The Labute approximate surface area is 118 Å². The monoisotopic (exact) mass is 298 g/mol. The highest BCUT2D eigenvalue weighted by Gasteiger charge is 2.59. The number of carboxylic acid groups (broad SMARTS) is 1. The molecule has 1 atom stereocenters. The standard InChI is InChI=1S/C13H18N2O4S/c1-14-6-2-3-11(14)20(18,19)15-7-4-13(5-8-15)9-10(13)12(16)17/h2-3,6,10H,4-5,7-9H2,1H3,(H,16,17). The lowest BCUT2D eigenvalue weighted by Crippen LogP contribution is -2.40. The van der Waals surface area contributed by atoms with Crippen LogP contribution in [0.4, 0.5) is 0 Å². The Kier molecular flexibility index (Phi) is 2.95. The first-order chi connectivity index (χ1) is 9.37. The second kappa shape index (κ2) is 4.33. The van der Waals surface area contributed by atoms with Crippen molar-refractivity contribution >= 4 is 16.0 Å². The van der Waals surface area contributed by atoms with Gasteiger partial charge in [0, 0.05) is 26.3 Å². The van der Waals surface area contributed by atoms with Gasteiger partial charge in [0.1, 0.15) is 5.03 Å². The highest BCUT2D eigenvalue weighted by atomic mass is 32.2. The third-order valence-corrected chi connectivity index (χ3v) is 6.70. The van der Waals surface area contributed by atoms with Crippen molar-refractivity contribution in [1.29, 1.82) is 0 Å². The number of piperidine rings is 1. The summed E-state index contributed by atoms with van der Waals surface area (Å²) in [6.07, 6.45) is 3.70. The summed E-state index contributed by atoms with van der Waals surface area (Å²) in [5, 5.41) is 9.34. The van der Waals surface area contributed by atoms with Crippen molar-refractivity contribution < 1.29 is 18.3 Å². The molecule has 2 aliphatic rings. The molecule has 6 nitrogen and oxygen atoms in total. The van der Waals surface area contributed by atoms with E-state index in [1.54, 1.807) is 29.9 Å². The van der Waals surface area contributed by atoms with Crippen LogP contribution in [0.15, 0.2) is 23.4 Å². The van der Waals surface area contributed by atoms with Gasteiger partial charge in [-0.05, 0) is 36.8 Å². The van der Waals surface area contributed by atoms with Crippen LogP contribution in [-0.4, -0.2) is 41.5 Å². The summed E-state index contributed by atoms with van der Waals surface area (Å²) in [7, 11) is -1.75. The Balaban J connectivity index is 1.73. The summed E-state index contributed by atoms with van der Waals surface area (Å²) in [4.78, 5) is 11.0. The molecule has 1 aliphatic carbocycles. The number of aromatic nitrogens is 1. The van der Waals surface area contributed by atoms with Crippen LogP contribution in [-0.2, 0) is 21.9 Å². The zero-order valence-electron chi connectivity index (χ0n) is 11.3. The lowest BCUT2D eigenvalue weighted by Gasteiger charge is -2.31. The van der Waals surface area contributed by atoms with E-state index in [4.69, 9.17) is 5.11 Å². The minimum atomic E-state index is -3.46. The maximum Gasteiger partial charge on any atom is 0.307 e. The van der Waals surface area contributed by atoms with Crippen molar-refractivity contribution in [3.63, 3.8) is 0 Å². The molecular weight excluding hydrogens is 280 g/mol. The third kappa shape index (κ3) is 1.96. The lowest BCUT2D eigenvalue weighted by atomic mass is 9.92. The van der Waals surface area contributed by atoms with E-state index < -0.39 is 16.0 Å². The average Bonchev–Trinajstić information content (AvgIpc) is 2.90. The first-order valence-corrected chi connectivity index (χ1v) is 8.15. The van der Waals surface area contributed by atoms with Crippen LogP contribution in [0.3, 0.4) is 0 Å². The van der Waals surface area contributed by atoms with Gasteiger partial charge in [0.2, 0.25) is 0 Å². The zero-order chi connectivity index (χ0) is 14.5. The Bertz CT molecular complexity index is 641. The van der Waals surface area contributed by atoms with E-state index in [-0.39, 0.29) is 11.3 Å². The Hall–Kier alpha value is -1.34. The van der Waals surface area contributed by atoms with Crippen molar-refractivity contribution in [2.45, 2.75) is 24.3 Å². The number of hydrogen-bond acceptors (Lipinski definition) is 3. The molecule has 3 rings (SSSR count).